The predicted octanol–water partition coefficient (Wildman–Crippen LogP) is 4.49. The van der Waals surface area contributed by atoms with Gasteiger partial charge in [-0.3, -0.25) is 10.1 Å². The zero-order valence-corrected chi connectivity index (χ0v) is 18.2. The summed E-state index contributed by atoms with van der Waals surface area (Å²) in [5.74, 6) is -0.152. The highest BCUT2D eigenvalue weighted by molar-refractivity contribution is 6.31. The first kappa shape index (κ1) is 21.7. The lowest BCUT2D eigenvalue weighted by atomic mass is 9.80. The van der Waals surface area contributed by atoms with Crippen molar-refractivity contribution in [1.82, 2.24) is 5.32 Å². The van der Waals surface area contributed by atoms with E-state index in [1.807, 2.05) is 30.3 Å². The van der Waals surface area contributed by atoms with Gasteiger partial charge < -0.3 is 14.8 Å². The predicted molar refractivity (Wildman–Crippen MR) is 119 cm³/mol. The number of anilines is 1. The quantitative estimate of drug-likeness (QED) is 0.691. The second-order valence-electron chi connectivity index (χ2n) is 8.20. The van der Waals surface area contributed by atoms with Crippen molar-refractivity contribution in [3.63, 3.8) is 0 Å². The molecule has 2 aromatic rings. The molecule has 0 saturated carbocycles. The van der Waals surface area contributed by atoms with Crippen LogP contribution >= 0.6 is 11.6 Å². The highest BCUT2D eigenvalue weighted by Crippen LogP contribution is 2.32. The maximum Gasteiger partial charge on any atom is 0.411 e. The molecule has 0 spiro atoms. The van der Waals surface area contributed by atoms with Crippen molar-refractivity contribution in [3.8, 4) is 0 Å². The molecule has 2 amide bonds. The fourth-order valence-corrected chi connectivity index (χ4v) is 4.41. The fraction of sp³-hybridized carbons (Fsp3) is 0.417. The Bertz CT molecular complexity index is 956. The maximum absolute atomic E-state index is 13.1. The molecule has 2 aromatic carbocycles. The topological polar surface area (TPSA) is 76.7 Å². The van der Waals surface area contributed by atoms with E-state index in [1.165, 1.54) is 11.1 Å². The molecule has 2 N–H and O–H groups in total. The van der Waals surface area contributed by atoms with E-state index in [-0.39, 0.29) is 12.5 Å². The van der Waals surface area contributed by atoms with E-state index in [9.17, 15) is 9.59 Å². The van der Waals surface area contributed by atoms with Gasteiger partial charge in [-0.2, -0.15) is 0 Å². The fourth-order valence-electron chi connectivity index (χ4n) is 4.21. The number of hydrogen-bond acceptors (Lipinski definition) is 4. The van der Waals surface area contributed by atoms with Crippen LogP contribution in [-0.2, 0) is 33.7 Å². The molecule has 1 saturated heterocycles. The van der Waals surface area contributed by atoms with E-state index in [1.54, 1.807) is 6.07 Å². The van der Waals surface area contributed by atoms with Gasteiger partial charge in [-0.25, -0.2) is 4.79 Å². The molecule has 7 heteroatoms. The highest BCUT2D eigenvalue weighted by Gasteiger charge is 2.41. The van der Waals surface area contributed by atoms with Gasteiger partial charge in [0.2, 0.25) is 5.91 Å². The van der Waals surface area contributed by atoms with Gasteiger partial charge in [0.1, 0.15) is 6.61 Å². The summed E-state index contributed by atoms with van der Waals surface area (Å²) in [7, 11) is 0. The molecule has 0 atom stereocenters. The minimum Gasteiger partial charge on any atom is -0.448 e. The van der Waals surface area contributed by atoms with E-state index < -0.39 is 11.5 Å². The molecule has 4 rings (SSSR count). The van der Waals surface area contributed by atoms with Crippen molar-refractivity contribution in [1.29, 1.82) is 0 Å². The van der Waals surface area contributed by atoms with Gasteiger partial charge in [-0.15, -0.1) is 0 Å². The first-order valence-corrected chi connectivity index (χ1v) is 11.1. The van der Waals surface area contributed by atoms with Gasteiger partial charge >= 0.3 is 6.09 Å². The zero-order valence-electron chi connectivity index (χ0n) is 17.4. The molecule has 6 nitrogen and oxygen atoms in total. The Morgan fingerprint density at radius 3 is 2.65 bits per heavy atom. The van der Waals surface area contributed by atoms with Crippen molar-refractivity contribution in [2.75, 3.05) is 25.1 Å². The average molecular weight is 443 g/mol. The first-order valence-electron chi connectivity index (χ1n) is 10.7. The number of aryl methyl sites for hydroxylation is 2. The normalized spacial score (nSPS) is 16.9. The van der Waals surface area contributed by atoms with E-state index in [2.05, 4.69) is 16.7 Å². The van der Waals surface area contributed by atoms with Gasteiger partial charge in [0, 0.05) is 30.5 Å². The van der Waals surface area contributed by atoms with Gasteiger partial charge in [0.15, 0.2) is 0 Å². The lowest BCUT2D eigenvalue weighted by Crippen LogP contribution is -2.48. The second kappa shape index (κ2) is 9.71. The Morgan fingerprint density at radius 2 is 1.84 bits per heavy atom. The van der Waals surface area contributed by atoms with Crippen molar-refractivity contribution >= 4 is 29.3 Å². The summed E-state index contributed by atoms with van der Waals surface area (Å²) in [6.07, 6.45) is 3.71. The SMILES string of the molecule is O=C(Nc1ccc2c(c1)CCC2)OCC1(C(=O)NCc2ccccc2Cl)CCOCC1. The standard InChI is InChI=1S/C24H27ClN2O4/c25-21-7-2-1-4-19(21)15-26-22(28)24(10-12-30-13-11-24)16-31-23(29)27-20-9-8-17-5-3-6-18(17)14-20/h1-2,4,7-9,14H,3,5-6,10-13,15-16H2,(H,26,28)(H,27,29). The summed E-state index contributed by atoms with van der Waals surface area (Å²) in [6.45, 7) is 1.23. The summed E-state index contributed by atoms with van der Waals surface area (Å²) < 4.78 is 11.0. The molecule has 0 bridgehead atoms. The summed E-state index contributed by atoms with van der Waals surface area (Å²) in [5.41, 5.74) is 3.37. The summed E-state index contributed by atoms with van der Waals surface area (Å²) in [4.78, 5) is 25.5. The number of carbonyl (C=O) groups excluding carboxylic acids is 2. The van der Waals surface area contributed by atoms with Crippen molar-refractivity contribution in [3.05, 3.63) is 64.2 Å². The Hall–Kier alpha value is -2.57. The smallest absolute Gasteiger partial charge is 0.411 e. The van der Waals surface area contributed by atoms with Crippen molar-refractivity contribution < 1.29 is 19.1 Å². The van der Waals surface area contributed by atoms with Gasteiger partial charge in [-0.1, -0.05) is 35.9 Å². The Labute approximate surface area is 187 Å². The van der Waals surface area contributed by atoms with Gasteiger partial charge in [0.25, 0.3) is 0 Å². The van der Waals surface area contributed by atoms with Crippen LogP contribution in [0.4, 0.5) is 10.5 Å². The molecule has 0 radical (unpaired) electrons. The third kappa shape index (κ3) is 5.20. The molecular formula is C24H27ClN2O4. The van der Waals surface area contributed by atoms with E-state index in [0.717, 1.165) is 30.5 Å². The van der Waals surface area contributed by atoms with Crippen LogP contribution in [0.15, 0.2) is 42.5 Å². The van der Waals surface area contributed by atoms with E-state index in [0.29, 0.717) is 37.6 Å². The lowest BCUT2D eigenvalue weighted by Gasteiger charge is -2.35. The monoisotopic (exact) mass is 442 g/mol. The highest BCUT2D eigenvalue weighted by atomic mass is 35.5. The van der Waals surface area contributed by atoms with Crippen LogP contribution in [0.25, 0.3) is 0 Å². The number of rotatable bonds is 6. The first-order chi connectivity index (χ1) is 15.1. The molecular weight excluding hydrogens is 416 g/mol. The van der Waals surface area contributed by atoms with Crippen molar-refractivity contribution in [2.24, 2.45) is 5.41 Å². The molecule has 164 valence electrons. The Balaban J connectivity index is 1.36. The number of halogens is 1. The minimum absolute atomic E-state index is 0.00148. The lowest BCUT2D eigenvalue weighted by molar-refractivity contribution is -0.140. The molecule has 0 aromatic heterocycles. The summed E-state index contributed by atoms with van der Waals surface area (Å²) >= 11 is 6.19. The number of carbonyl (C=O) groups is 2. The third-order valence-electron chi connectivity index (χ3n) is 6.15. The molecule has 1 fully saturated rings. The van der Waals surface area contributed by atoms with Crippen LogP contribution in [0.5, 0.6) is 0 Å². The van der Waals surface area contributed by atoms with E-state index in [4.69, 9.17) is 21.1 Å². The molecule has 1 aliphatic carbocycles. The summed E-state index contributed by atoms with van der Waals surface area (Å²) in [5, 5.41) is 6.36. The molecule has 0 unspecified atom stereocenters. The third-order valence-corrected chi connectivity index (χ3v) is 6.52. The summed E-state index contributed by atoms with van der Waals surface area (Å²) in [6, 6.07) is 13.3. The largest absolute Gasteiger partial charge is 0.448 e. The van der Waals surface area contributed by atoms with Crippen LogP contribution in [0.2, 0.25) is 5.02 Å². The Kier molecular flexibility index (Phi) is 6.78. The number of ether oxygens (including phenoxy) is 2. The van der Waals surface area contributed by atoms with E-state index >= 15 is 0 Å². The van der Waals surface area contributed by atoms with Crippen LogP contribution in [0.1, 0.15) is 36.0 Å². The van der Waals surface area contributed by atoms with Crippen LogP contribution in [0.3, 0.4) is 0 Å². The van der Waals surface area contributed by atoms with Crippen LogP contribution < -0.4 is 10.6 Å². The average Bonchev–Trinajstić information content (AvgIpc) is 3.25. The number of hydrogen-bond donors (Lipinski definition) is 2. The minimum atomic E-state index is -0.811. The molecule has 31 heavy (non-hydrogen) atoms. The number of amides is 2. The van der Waals surface area contributed by atoms with Gasteiger partial charge in [0.05, 0.1) is 5.41 Å². The number of nitrogens with one attached hydrogen (secondary N) is 2. The molecule has 1 aliphatic heterocycles. The molecule has 1 heterocycles. The maximum atomic E-state index is 13.1. The van der Waals surface area contributed by atoms with Crippen molar-refractivity contribution in [2.45, 2.75) is 38.6 Å². The molecule has 2 aliphatic rings. The second-order valence-corrected chi connectivity index (χ2v) is 8.61. The Morgan fingerprint density at radius 1 is 1.06 bits per heavy atom. The van der Waals surface area contributed by atoms with Crippen LogP contribution in [0, 0.1) is 5.41 Å². The zero-order chi connectivity index (χ0) is 21.7. The van der Waals surface area contributed by atoms with Gasteiger partial charge in [-0.05, 0) is 67.0 Å². The van der Waals surface area contributed by atoms with Crippen LogP contribution in [-0.4, -0.2) is 31.8 Å². The number of benzene rings is 2. The number of fused-ring (bicyclic) bond motifs is 1.